The van der Waals surface area contributed by atoms with Crippen molar-refractivity contribution in [1.29, 1.82) is 0 Å². The second kappa shape index (κ2) is 6.43. The maximum Gasteiger partial charge on any atom is 0.0747 e. The van der Waals surface area contributed by atoms with Crippen LogP contribution in [0.2, 0.25) is 5.02 Å². The van der Waals surface area contributed by atoms with Crippen LogP contribution in [0.15, 0.2) is 54.6 Å². The molecule has 2 aromatic rings. The van der Waals surface area contributed by atoms with E-state index in [9.17, 15) is 0 Å². The highest BCUT2D eigenvalue weighted by atomic mass is 35.5. The molecule has 0 aliphatic rings. The van der Waals surface area contributed by atoms with Crippen molar-refractivity contribution in [2.45, 2.75) is 6.04 Å². The molecule has 0 bridgehead atoms. The van der Waals surface area contributed by atoms with Crippen LogP contribution in [-0.2, 0) is 4.74 Å². The molecule has 2 rings (SSSR count). The molecule has 1 N–H and O–H groups in total. The predicted molar refractivity (Wildman–Crippen MR) is 76.1 cm³/mol. The van der Waals surface area contributed by atoms with Gasteiger partial charge in [-0.2, -0.15) is 0 Å². The molecule has 3 heteroatoms. The summed E-state index contributed by atoms with van der Waals surface area (Å²) in [5.41, 5.74) is 2.19. The topological polar surface area (TPSA) is 21.3 Å². The Hall–Kier alpha value is -1.51. The zero-order valence-electron chi connectivity index (χ0n) is 10.3. The molecule has 2 aromatic carbocycles. The first-order chi connectivity index (χ1) is 8.79. The Morgan fingerprint density at radius 2 is 1.89 bits per heavy atom. The normalized spacial score (nSPS) is 12.1. The van der Waals surface area contributed by atoms with Gasteiger partial charge in [-0.3, -0.25) is 0 Å². The van der Waals surface area contributed by atoms with E-state index >= 15 is 0 Å². The summed E-state index contributed by atoms with van der Waals surface area (Å²) in [7, 11) is 1.70. The number of halogens is 1. The lowest BCUT2D eigenvalue weighted by Crippen LogP contribution is -2.16. The summed E-state index contributed by atoms with van der Waals surface area (Å²) in [6.45, 7) is 0.608. The highest BCUT2D eigenvalue weighted by molar-refractivity contribution is 6.30. The van der Waals surface area contributed by atoms with Crippen LogP contribution in [0.4, 0.5) is 5.69 Å². The molecule has 0 spiro atoms. The van der Waals surface area contributed by atoms with E-state index < -0.39 is 0 Å². The summed E-state index contributed by atoms with van der Waals surface area (Å²) < 4.78 is 5.27. The minimum atomic E-state index is 0.120. The molecule has 94 valence electrons. The summed E-state index contributed by atoms with van der Waals surface area (Å²) in [6.07, 6.45) is 0. The third kappa shape index (κ3) is 3.49. The number of ether oxygens (including phenoxy) is 1. The van der Waals surface area contributed by atoms with Crippen molar-refractivity contribution < 1.29 is 4.74 Å². The van der Waals surface area contributed by atoms with Gasteiger partial charge in [0.05, 0.1) is 12.6 Å². The summed E-state index contributed by atoms with van der Waals surface area (Å²) >= 11 is 5.98. The molecule has 1 atom stereocenters. The summed E-state index contributed by atoms with van der Waals surface area (Å²) in [5, 5.41) is 4.15. The lowest BCUT2D eigenvalue weighted by Gasteiger charge is -2.19. The summed E-state index contributed by atoms with van der Waals surface area (Å²) in [5.74, 6) is 0. The highest BCUT2D eigenvalue weighted by Gasteiger charge is 2.10. The first-order valence-electron chi connectivity index (χ1n) is 5.85. The Kier molecular flexibility index (Phi) is 4.62. The van der Waals surface area contributed by atoms with Crippen LogP contribution in [0, 0.1) is 0 Å². The molecule has 0 heterocycles. The number of hydrogen-bond acceptors (Lipinski definition) is 2. The lowest BCUT2D eigenvalue weighted by molar-refractivity contribution is 0.186. The number of hydrogen-bond donors (Lipinski definition) is 1. The molecule has 18 heavy (non-hydrogen) atoms. The van der Waals surface area contributed by atoms with E-state index in [0.717, 1.165) is 10.7 Å². The fourth-order valence-corrected chi connectivity index (χ4v) is 2.04. The molecule has 0 saturated heterocycles. The molecular formula is C15H16ClNO. The first kappa shape index (κ1) is 12.9. The van der Waals surface area contributed by atoms with Gasteiger partial charge in [0.2, 0.25) is 0 Å². The van der Waals surface area contributed by atoms with Crippen LogP contribution in [0.25, 0.3) is 0 Å². The lowest BCUT2D eigenvalue weighted by atomic mass is 10.1. The van der Waals surface area contributed by atoms with Crippen LogP contribution in [0.1, 0.15) is 11.6 Å². The van der Waals surface area contributed by atoms with E-state index in [-0.39, 0.29) is 6.04 Å². The van der Waals surface area contributed by atoms with Gasteiger partial charge in [0.1, 0.15) is 0 Å². The van der Waals surface area contributed by atoms with Crippen LogP contribution >= 0.6 is 11.6 Å². The van der Waals surface area contributed by atoms with E-state index in [1.54, 1.807) is 7.11 Å². The molecule has 0 aliphatic carbocycles. The molecule has 0 aromatic heterocycles. The summed E-state index contributed by atoms with van der Waals surface area (Å²) in [6, 6.07) is 18.0. The molecule has 0 aliphatic heterocycles. The maximum atomic E-state index is 5.98. The van der Waals surface area contributed by atoms with Crippen molar-refractivity contribution in [3.05, 3.63) is 65.2 Å². The molecule has 0 saturated carbocycles. The molecule has 2 nitrogen and oxygen atoms in total. The van der Waals surface area contributed by atoms with E-state index in [4.69, 9.17) is 16.3 Å². The van der Waals surface area contributed by atoms with Gasteiger partial charge in [0.15, 0.2) is 0 Å². The molecule has 0 amide bonds. The number of benzene rings is 2. The van der Waals surface area contributed by atoms with Crippen LogP contribution in [0.5, 0.6) is 0 Å². The Morgan fingerprint density at radius 1 is 1.11 bits per heavy atom. The highest BCUT2D eigenvalue weighted by Crippen LogP contribution is 2.22. The summed E-state index contributed by atoms with van der Waals surface area (Å²) in [4.78, 5) is 0. The quantitative estimate of drug-likeness (QED) is 0.873. The molecule has 0 fully saturated rings. The maximum absolute atomic E-state index is 5.98. The Balaban J connectivity index is 2.16. The number of nitrogens with one attached hydrogen (secondary N) is 1. The van der Waals surface area contributed by atoms with Crippen LogP contribution in [-0.4, -0.2) is 13.7 Å². The van der Waals surface area contributed by atoms with Crippen molar-refractivity contribution in [3.63, 3.8) is 0 Å². The number of rotatable bonds is 5. The minimum Gasteiger partial charge on any atom is -0.382 e. The van der Waals surface area contributed by atoms with Crippen molar-refractivity contribution in [2.24, 2.45) is 0 Å². The third-order valence-electron chi connectivity index (χ3n) is 2.70. The van der Waals surface area contributed by atoms with Crippen molar-refractivity contribution in [2.75, 3.05) is 19.0 Å². The van der Waals surface area contributed by atoms with E-state index in [0.29, 0.717) is 6.61 Å². The zero-order chi connectivity index (χ0) is 12.8. The Bertz CT molecular complexity index is 487. The molecule has 0 radical (unpaired) electrons. The van der Waals surface area contributed by atoms with Crippen molar-refractivity contribution >= 4 is 17.3 Å². The molecule has 1 unspecified atom stereocenters. The number of methoxy groups -OCH3 is 1. The first-order valence-corrected chi connectivity index (χ1v) is 6.23. The van der Waals surface area contributed by atoms with Gasteiger partial charge in [-0.15, -0.1) is 0 Å². The average molecular weight is 262 g/mol. The van der Waals surface area contributed by atoms with Crippen molar-refractivity contribution in [1.82, 2.24) is 0 Å². The molecular weight excluding hydrogens is 246 g/mol. The van der Waals surface area contributed by atoms with E-state index in [1.165, 1.54) is 5.56 Å². The Labute approximate surface area is 113 Å². The second-order valence-corrected chi connectivity index (χ2v) is 4.51. The van der Waals surface area contributed by atoms with Gasteiger partial charge >= 0.3 is 0 Å². The van der Waals surface area contributed by atoms with Gasteiger partial charge in [-0.1, -0.05) is 48.0 Å². The minimum absolute atomic E-state index is 0.120. The van der Waals surface area contributed by atoms with E-state index in [1.807, 2.05) is 42.5 Å². The largest absolute Gasteiger partial charge is 0.382 e. The average Bonchev–Trinajstić information content (AvgIpc) is 2.39. The van der Waals surface area contributed by atoms with Gasteiger partial charge < -0.3 is 10.1 Å². The fourth-order valence-electron chi connectivity index (χ4n) is 1.85. The van der Waals surface area contributed by atoms with Gasteiger partial charge in [0, 0.05) is 17.8 Å². The second-order valence-electron chi connectivity index (χ2n) is 4.07. The zero-order valence-corrected chi connectivity index (χ0v) is 11.0. The SMILES string of the molecule is COCC(Nc1cccc(Cl)c1)c1ccccc1. The monoisotopic (exact) mass is 261 g/mol. The van der Waals surface area contributed by atoms with Crippen LogP contribution in [0.3, 0.4) is 0 Å². The predicted octanol–water partition coefficient (Wildman–Crippen LogP) is 4.14. The smallest absolute Gasteiger partial charge is 0.0747 e. The standard InChI is InChI=1S/C15H16ClNO/c1-18-11-15(12-6-3-2-4-7-12)17-14-9-5-8-13(16)10-14/h2-10,15,17H,11H2,1H3. The fraction of sp³-hybridized carbons (Fsp3) is 0.200. The number of anilines is 1. The van der Waals surface area contributed by atoms with E-state index in [2.05, 4.69) is 17.4 Å². The Morgan fingerprint density at radius 3 is 2.56 bits per heavy atom. The van der Waals surface area contributed by atoms with Gasteiger partial charge in [-0.25, -0.2) is 0 Å². The van der Waals surface area contributed by atoms with Gasteiger partial charge in [0.25, 0.3) is 0 Å². The van der Waals surface area contributed by atoms with Gasteiger partial charge in [-0.05, 0) is 23.8 Å². The van der Waals surface area contributed by atoms with Crippen molar-refractivity contribution in [3.8, 4) is 0 Å². The third-order valence-corrected chi connectivity index (χ3v) is 2.94. The van der Waals surface area contributed by atoms with Crippen LogP contribution < -0.4 is 5.32 Å².